The Kier molecular flexibility index (Phi) is 3.97. The van der Waals surface area contributed by atoms with Gasteiger partial charge in [-0.1, -0.05) is 13.8 Å². The summed E-state index contributed by atoms with van der Waals surface area (Å²) in [4.78, 5) is 8.54. The van der Waals surface area contributed by atoms with Crippen molar-refractivity contribution in [3.8, 4) is 0 Å². The fourth-order valence-electron chi connectivity index (χ4n) is 4.17. The van der Waals surface area contributed by atoms with Crippen LogP contribution in [0.2, 0.25) is 0 Å². The molecule has 2 aliphatic rings. The van der Waals surface area contributed by atoms with Crippen LogP contribution >= 0.6 is 0 Å². The number of nitrogens with two attached hydrogens (primary N) is 1. The van der Waals surface area contributed by atoms with E-state index in [1.54, 1.807) is 0 Å². The van der Waals surface area contributed by atoms with Crippen molar-refractivity contribution in [2.75, 3.05) is 12.3 Å². The first-order chi connectivity index (χ1) is 11.9. The Morgan fingerprint density at radius 2 is 2.08 bits per heavy atom. The van der Waals surface area contributed by atoms with Crippen molar-refractivity contribution in [2.24, 2.45) is 5.92 Å². The van der Waals surface area contributed by atoms with E-state index < -0.39 is 5.79 Å². The van der Waals surface area contributed by atoms with Gasteiger partial charge < -0.3 is 25.1 Å². The molecular formula is C18H27N5O2. The van der Waals surface area contributed by atoms with Crippen LogP contribution in [-0.2, 0) is 9.47 Å². The molecule has 4 atom stereocenters. The number of nitrogen functional groups attached to an aromatic ring is 1. The number of hydrogen-bond acceptors (Lipinski definition) is 6. The normalized spacial score (nSPS) is 31.1. The monoisotopic (exact) mass is 345 g/mol. The van der Waals surface area contributed by atoms with Gasteiger partial charge in [-0.15, -0.1) is 0 Å². The molecule has 2 aromatic rings. The van der Waals surface area contributed by atoms with Gasteiger partial charge in [-0.3, -0.25) is 0 Å². The lowest BCUT2D eigenvalue weighted by atomic mass is 10.1. The lowest BCUT2D eigenvalue weighted by molar-refractivity contribution is -0.160. The van der Waals surface area contributed by atoms with E-state index >= 15 is 0 Å². The van der Waals surface area contributed by atoms with Gasteiger partial charge >= 0.3 is 0 Å². The zero-order chi connectivity index (χ0) is 17.8. The maximum absolute atomic E-state index is 6.28. The summed E-state index contributed by atoms with van der Waals surface area (Å²) in [6.07, 6.45) is 4.65. The minimum atomic E-state index is -0.555. The van der Waals surface area contributed by atoms with E-state index in [1.165, 1.54) is 6.33 Å². The maximum atomic E-state index is 6.28. The first-order valence-electron chi connectivity index (χ1n) is 9.02. The van der Waals surface area contributed by atoms with E-state index in [9.17, 15) is 0 Å². The second kappa shape index (κ2) is 5.93. The molecule has 2 fully saturated rings. The summed E-state index contributed by atoms with van der Waals surface area (Å²) in [5.74, 6) is 0.358. The molecule has 136 valence electrons. The molecular weight excluding hydrogens is 318 g/mol. The van der Waals surface area contributed by atoms with Crippen molar-refractivity contribution in [2.45, 2.75) is 64.2 Å². The maximum Gasteiger partial charge on any atom is 0.163 e. The molecule has 25 heavy (non-hydrogen) atoms. The van der Waals surface area contributed by atoms with Crippen LogP contribution in [0.25, 0.3) is 11.0 Å². The molecule has 4 rings (SSSR count). The van der Waals surface area contributed by atoms with Gasteiger partial charge in [-0.25, -0.2) is 9.97 Å². The molecule has 0 bridgehead atoms. The highest BCUT2D eigenvalue weighted by atomic mass is 16.8. The van der Waals surface area contributed by atoms with Crippen LogP contribution in [0.5, 0.6) is 0 Å². The molecule has 2 aromatic heterocycles. The smallest absolute Gasteiger partial charge is 0.163 e. The summed E-state index contributed by atoms with van der Waals surface area (Å²) < 4.78 is 14.7. The topological polar surface area (TPSA) is 87.2 Å². The van der Waals surface area contributed by atoms with Crippen LogP contribution in [0.15, 0.2) is 18.6 Å². The molecule has 0 spiro atoms. The third kappa shape index (κ3) is 2.90. The van der Waals surface area contributed by atoms with Gasteiger partial charge in [0, 0.05) is 24.7 Å². The van der Waals surface area contributed by atoms with Crippen LogP contribution in [0, 0.1) is 5.92 Å². The molecule has 3 heterocycles. The van der Waals surface area contributed by atoms with Crippen molar-refractivity contribution in [3.05, 3.63) is 18.6 Å². The van der Waals surface area contributed by atoms with Gasteiger partial charge in [0.2, 0.25) is 0 Å². The predicted molar refractivity (Wildman–Crippen MR) is 96.0 cm³/mol. The molecule has 7 heteroatoms. The number of ether oxygens (including phenoxy) is 2. The van der Waals surface area contributed by atoms with Crippen LogP contribution in [-0.4, -0.2) is 45.1 Å². The Bertz CT molecular complexity index is 772. The summed E-state index contributed by atoms with van der Waals surface area (Å²) in [5, 5.41) is 4.44. The minimum absolute atomic E-state index is 0.0146. The van der Waals surface area contributed by atoms with E-state index in [4.69, 9.17) is 15.2 Å². The highest BCUT2D eigenvalue weighted by Gasteiger charge is 2.54. The number of aromatic nitrogens is 3. The highest BCUT2D eigenvalue weighted by molar-refractivity contribution is 5.86. The summed E-state index contributed by atoms with van der Waals surface area (Å²) in [5.41, 5.74) is 6.86. The number of fused-ring (bicyclic) bond motifs is 2. The summed E-state index contributed by atoms with van der Waals surface area (Å²) in [7, 11) is 0. The lowest BCUT2D eigenvalue weighted by Gasteiger charge is -2.25. The Balaban J connectivity index is 1.67. The highest BCUT2D eigenvalue weighted by Crippen LogP contribution is 2.47. The number of hydrogen-bond donors (Lipinski definition) is 2. The SMILES string of the molecule is CC(C)NC[C@H]1C[C@@H](n2ccc3c(N)ncnc32)[C@@H]2OC(C)(C)O[C@H]12. The number of nitrogens with zero attached hydrogens (tertiary/aromatic N) is 3. The van der Waals surface area contributed by atoms with E-state index in [0.717, 1.165) is 24.0 Å². The molecule has 1 saturated heterocycles. The first kappa shape index (κ1) is 16.8. The molecule has 0 amide bonds. The van der Waals surface area contributed by atoms with Crippen molar-refractivity contribution in [1.82, 2.24) is 19.9 Å². The van der Waals surface area contributed by atoms with Gasteiger partial charge in [0.1, 0.15) is 23.9 Å². The fraction of sp³-hybridized carbons (Fsp3) is 0.667. The van der Waals surface area contributed by atoms with Crippen molar-refractivity contribution in [3.63, 3.8) is 0 Å². The third-order valence-electron chi connectivity index (χ3n) is 5.24. The second-order valence-electron chi connectivity index (χ2n) is 7.91. The Morgan fingerprint density at radius 3 is 2.84 bits per heavy atom. The lowest BCUT2D eigenvalue weighted by Crippen LogP contribution is -2.35. The van der Waals surface area contributed by atoms with Crippen molar-refractivity contribution in [1.29, 1.82) is 0 Å². The second-order valence-corrected chi connectivity index (χ2v) is 7.91. The average Bonchev–Trinajstić information content (AvgIpc) is 3.17. The average molecular weight is 345 g/mol. The molecule has 0 aromatic carbocycles. The Morgan fingerprint density at radius 1 is 1.32 bits per heavy atom. The van der Waals surface area contributed by atoms with Gasteiger partial charge in [0.05, 0.1) is 17.5 Å². The van der Waals surface area contributed by atoms with Crippen molar-refractivity contribution < 1.29 is 9.47 Å². The summed E-state index contributed by atoms with van der Waals surface area (Å²) >= 11 is 0. The Labute approximate surface area is 147 Å². The molecule has 1 saturated carbocycles. The number of anilines is 1. The largest absolute Gasteiger partial charge is 0.383 e. The molecule has 7 nitrogen and oxygen atoms in total. The summed E-state index contributed by atoms with van der Waals surface area (Å²) in [6, 6.07) is 2.62. The molecule has 1 aliphatic heterocycles. The van der Waals surface area contributed by atoms with Gasteiger partial charge in [-0.2, -0.15) is 0 Å². The summed E-state index contributed by atoms with van der Waals surface area (Å²) in [6.45, 7) is 9.23. The van der Waals surface area contributed by atoms with Crippen LogP contribution in [0.4, 0.5) is 5.82 Å². The quantitative estimate of drug-likeness (QED) is 0.882. The van der Waals surface area contributed by atoms with E-state index in [0.29, 0.717) is 17.8 Å². The van der Waals surface area contributed by atoms with E-state index in [1.807, 2.05) is 26.1 Å². The molecule has 3 N–H and O–H groups in total. The van der Waals surface area contributed by atoms with E-state index in [2.05, 4.69) is 33.7 Å². The predicted octanol–water partition coefficient (Wildman–Crippen LogP) is 2.09. The van der Waals surface area contributed by atoms with Gasteiger partial charge in [0.25, 0.3) is 0 Å². The third-order valence-corrected chi connectivity index (χ3v) is 5.24. The van der Waals surface area contributed by atoms with Gasteiger partial charge in [-0.05, 0) is 26.3 Å². The minimum Gasteiger partial charge on any atom is -0.383 e. The molecule has 1 aliphatic carbocycles. The standard InChI is InChI=1S/C18H27N5O2/c1-10(2)20-8-11-7-13(15-14(11)24-18(3,4)25-15)23-6-5-12-16(19)21-9-22-17(12)23/h5-6,9-11,13-15,20H,7-8H2,1-4H3,(H2,19,21,22)/t11-,13-,14-,15+/m1/s1. The van der Waals surface area contributed by atoms with Crippen LogP contribution in [0.1, 0.15) is 40.2 Å². The molecule has 0 radical (unpaired) electrons. The zero-order valence-electron chi connectivity index (χ0n) is 15.3. The van der Waals surface area contributed by atoms with E-state index in [-0.39, 0.29) is 18.2 Å². The Hall–Kier alpha value is -1.70. The fourth-order valence-corrected chi connectivity index (χ4v) is 4.17. The number of rotatable bonds is 4. The van der Waals surface area contributed by atoms with Crippen LogP contribution < -0.4 is 11.1 Å². The first-order valence-corrected chi connectivity index (χ1v) is 9.02. The zero-order valence-corrected chi connectivity index (χ0v) is 15.3. The van der Waals surface area contributed by atoms with Crippen LogP contribution in [0.3, 0.4) is 0 Å². The number of nitrogens with one attached hydrogen (secondary N) is 1. The molecule has 0 unspecified atom stereocenters. The van der Waals surface area contributed by atoms with Gasteiger partial charge in [0.15, 0.2) is 5.79 Å². The van der Waals surface area contributed by atoms with Crippen molar-refractivity contribution >= 4 is 16.9 Å².